The summed E-state index contributed by atoms with van der Waals surface area (Å²) in [7, 11) is -1.81. The molecule has 0 atom stereocenters. The predicted octanol–water partition coefficient (Wildman–Crippen LogP) is 2.57. The minimum absolute atomic E-state index is 0.340. The van der Waals surface area contributed by atoms with Crippen LogP contribution < -0.4 is 4.31 Å². The van der Waals surface area contributed by atoms with Crippen LogP contribution in [0.1, 0.15) is 29.8 Å². The van der Waals surface area contributed by atoms with Crippen LogP contribution in [0.4, 0.5) is 5.69 Å². The van der Waals surface area contributed by atoms with E-state index in [1.807, 2.05) is 24.3 Å². The van der Waals surface area contributed by atoms with Gasteiger partial charge in [-0.2, -0.15) is 5.10 Å². The number of aromatic nitrogens is 2. The number of sulfonamides is 1. The first-order valence-electron chi connectivity index (χ1n) is 7.54. The number of benzene rings is 1. The molecule has 3 rings (SSSR count). The maximum atomic E-state index is 13.2. The lowest BCUT2D eigenvalue weighted by Crippen LogP contribution is -2.32. The molecule has 1 aromatic carbocycles. The van der Waals surface area contributed by atoms with Crippen molar-refractivity contribution >= 4 is 15.7 Å². The Balaban J connectivity index is 2.17. The van der Waals surface area contributed by atoms with E-state index in [1.54, 1.807) is 29.9 Å². The molecule has 1 aliphatic rings. The number of para-hydroxylation sites is 1. The molecule has 1 aromatic heterocycles. The van der Waals surface area contributed by atoms with Crippen LogP contribution in [-0.2, 0) is 23.5 Å². The average molecular weight is 319 g/mol. The fourth-order valence-corrected chi connectivity index (χ4v) is 5.09. The van der Waals surface area contributed by atoms with Crippen LogP contribution in [0, 0.1) is 13.8 Å². The monoisotopic (exact) mass is 319 g/mol. The Bertz CT molecular complexity index is 809. The van der Waals surface area contributed by atoms with E-state index in [-0.39, 0.29) is 0 Å². The Labute approximate surface area is 131 Å². The minimum Gasteiger partial charge on any atom is -0.271 e. The highest BCUT2D eigenvalue weighted by Gasteiger charge is 2.32. The van der Waals surface area contributed by atoms with Gasteiger partial charge in [0.05, 0.1) is 17.1 Å². The molecule has 0 amide bonds. The fraction of sp³-hybridized carbons (Fsp3) is 0.438. The first-order chi connectivity index (χ1) is 10.4. The van der Waals surface area contributed by atoms with E-state index in [0.29, 0.717) is 22.8 Å². The molecule has 0 saturated heterocycles. The quantitative estimate of drug-likeness (QED) is 0.855. The van der Waals surface area contributed by atoms with Gasteiger partial charge in [-0.15, -0.1) is 0 Å². The highest BCUT2D eigenvalue weighted by atomic mass is 32.2. The summed E-state index contributed by atoms with van der Waals surface area (Å²) < 4.78 is 29.7. The van der Waals surface area contributed by atoms with Gasteiger partial charge in [0.15, 0.2) is 0 Å². The molecule has 5 nitrogen and oxygen atoms in total. The van der Waals surface area contributed by atoms with Crippen molar-refractivity contribution in [3.8, 4) is 0 Å². The Morgan fingerprint density at radius 1 is 1.14 bits per heavy atom. The van der Waals surface area contributed by atoms with Crippen molar-refractivity contribution in [1.82, 2.24) is 9.78 Å². The number of anilines is 1. The van der Waals surface area contributed by atoms with Gasteiger partial charge in [-0.25, -0.2) is 8.42 Å². The van der Waals surface area contributed by atoms with Gasteiger partial charge in [0.1, 0.15) is 4.90 Å². The SMILES string of the molecule is Cc1nn(C)c(C)c1S(=O)(=O)N1CCCCc2ccccc21. The molecule has 0 aliphatic carbocycles. The lowest BCUT2D eigenvalue weighted by atomic mass is 10.1. The van der Waals surface area contributed by atoms with Gasteiger partial charge in [-0.3, -0.25) is 8.99 Å². The van der Waals surface area contributed by atoms with Gasteiger partial charge in [0, 0.05) is 13.6 Å². The van der Waals surface area contributed by atoms with Gasteiger partial charge in [-0.05, 0) is 44.7 Å². The number of aryl methyl sites for hydroxylation is 3. The highest BCUT2D eigenvalue weighted by molar-refractivity contribution is 7.93. The first kappa shape index (κ1) is 15.1. The summed E-state index contributed by atoms with van der Waals surface area (Å²) in [5.74, 6) is 0. The maximum absolute atomic E-state index is 13.2. The molecule has 6 heteroatoms. The molecule has 0 N–H and O–H groups in total. The van der Waals surface area contributed by atoms with Gasteiger partial charge >= 0.3 is 0 Å². The lowest BCUT2D eigenvalue weighted by Gasteiger charge is -2.24. The molecule has 0 saturated carbocycles. The number of fused-ring (bicyclic) bond motifs is 1. The summed E-state index contributed by atoms with van der Waals surface area (Å²) in [6.45, 7) is 4.08. The van der Waals surface area contributed by atoms with Crippen LogP contribution in [0.5, 0.6) is 0 Å². The molecule has 0 bridgehead atoms. The molecule has 2 aromatic rings. The zero-order valence-corrected chi connectivity index (χ0v) is 14.0. The zero-order valence-electron chi connectivity index (χ0n) is 13.2. The summed E-state index contributed by atoms with van der Waals surface area (Å²) in [4.78, 5) is 0.340. The minimum atomic E-state index is -3.59. The molecule has 0 radical (unpaired) electrons. The second-order valence-corrected chi connectivity index (χ2v) is 7.59. The van der Waals surface area contributed by atoms with Crippen LogP contribution in [0.15, 0.2) is 29.2 Å². The standard InChI is InChI=1S/C16H21N3O2S/c1-12-16(13(2)18(3)17-12)22(20,21)19-11-7-6-9-14-8-4-5-10-15(14)19/h4-5,8,10H,6-7,9,11H2,1-3H3. The lowest BCUT2D eigenvalue weighted by molar-refractivity contribution is 0.587. The van der Waals surface area contributed by atoms with E-state index in [2.05, 4.69) is 5.10 Å². The summed E-state index contributed by atoms with van der Waals surface area (Å²) >= 11 is 0. The number of rotatable bonds is 2. The summed E-state index contributed by atoms with van der Waals surface area (Å²) in [5.41, 5.74) is 3.14. The van der Waals surface area contributed by atoms with Crippen molar-refractivity contribution in [2.75, 3.05) is 10.8 Å². The Kier molecular flexibility index (Phi) is 3.72. The molecule has 0 unspecified atom stereocenters. The van der Waals surface area contributed by atoms with E-state index < -0.39 is 10.0 Å². The predicted molar refractivity (Wildman–Crippen MR) is 86.6 cm³/mol. The normalized spacial score (nSPS) is 15.5. The van der Waals surface area contributed by atoms with Crippen molar-refractivity contribution in [2.24, 2.45) is 7.05 Å². The third-order valence-electron chi connectivity index (χ3n) is 4.31. The van der Waals surface area contributed by atoms with Crippen molar-refractivity contribution in [3.05, 3.63) is 41.2 Å². The second-order valence-electron chi connectivity index (χ2n) is 5.79. The Morgan fingerprint density at radius 3 is 2.55 bits per heavy atom. The third-order valence-corrected chi connectivity index (χ3v) is 6.37. The molecule has 0 spiro atoms. The largest absolute Gasteiger partial charge is 0.271 e. The second kappa shape index (κ2) is 5.43. The molecule has 0 fully saturated rings. The molecule has 1 aliphatic heterocycles. The van der Waals surface area contributed by atoms with E-state index >= 15 is 0 Å². The third kappa shape index (κ3) is 2.31. The van der Waals surface area contributed by atoms with E-state index in [4.69, 9.17) is 0 Å². The van der Waals surface area contributed by atoms with Gasteiger partial charge < -0.3 is 0 Å². The maximum Gasteiger partial charge on any atom is 0.268 e. The number of hydrogen-bond donors (Lipinski definition) is 0. The van der Waals surface area contributed by atoms with E-state index in [0.717, 1.165) is 30.5 Å². The molecule has 22 heavy (non-hydrogen) atoms. The number of hydrogen-bond acceptors (Lipinski definition) is 3. The first-order valence-corrected chi connectivity index (χ1v) is 8.98. The van der Waals surface area contributed by atoms with Gasteiger partial charge in [0.2, 0.25) is 0 Å². The summed E-state index contributed by atoms with van der Waals surface area (Å²) in [5, 5.41) is 4.26. The highest BCUT2D eigenvalue weighted by Crippen LogP contribution is 2.32. The zero-order chi connectivity index (χ0) is 15.9. The smallest absolute Gasteiger partial charge is 0.268 e. The van der Waals surface area contributed by atoms with Crippen LogP contribution in [-0.4, -0.2) is 24.7 Å². The Hall–Kier alpha value is -1.82. The van der Waals surface area contributed by atoms with Crippen LogP contribution >= 0.6 is 0 Å². The van der Waals surface area contributed by atoms with E-state index in [9.17, 15) is 8.42 Å². The van der Waals surface area contributed by atoms with Crippen LogP contribution in [0.3, 0.4) is 0 Å². The molecule has 118 valence electrons. The molecular formula is C16H21N3O2S. The molecular weight excluding hydrogens is 298 g/mol. The van der Waals surface area contributed by atoms with Crippen molar-refractivity contribution in [3.63, 3.8) is 0 Å². The summed E-state index contributed by atoms with van der Waals surface area (Å²) in [6, 6.07) is 7.79. The van der Waals surface area contributed by atoms with Crippen molar-refractivity contribution in [2.45, 2.75) is 38.0 Å². The van der Waals surface area contributed by atoms with Gasteiger partial charge in [0.25, 0.3) is 10.0 Å². The average Bonchev–Trinajstić information content (AvgIpc) is 2.66. The summed E-state index contributed by atoms with van der Waals surface area (Å²) in [6.07, 6.45) is 2.80. The molecule has 2 heterocycles. The van der Waals surface area contributed by atoms with Crippen molar-refractivity contribution in [1.29, 1.82) is 0 Å². The Morgan fingerprint density at radius 2 is 1.86 bits per heavy atom. The topological polar surface area (TPSA) is 55.2 Å². The van der Waals surface area contributed by atoms with Crippen LogP contribution in [0.2, 0.25) is 0 Å². The van der Waals surface area contributed by atoms with Crippen LogP contribution in [0.25, 0.3) is 0 Å². The van der Waals surface area contributed by atoms with Crippen molar-refractivity contribution < 1.29 is 8.42 Å². The number of nitrogens with zero attached hydrogens (tertiary/aromatic N) is 3. The van der Waals surface area contributed by atoms with E-state index in [1.165, 1.54) is 0 Å². The van der Waals surface area contributed by atoms with Gasteiger partial charge in [-0.1, -0.05) is 18.2 Å². The fourth-order valence-electron chi connectivity index (χ4n) is 3.14.